The van der Waals surface area contributed by atoms with Crippen molar-refractivity contribution in [3.05, 3.63) is 24.3 Å². The summed E-state index contributed by atoms with van der Waals surface area (Å²) in [4.78, 5) is 2.35. The van der Waals surface area contributed by atoms with Crippen molar-refractivity contribution in [3.8, 4) is 5.75 Å². The minimum absolute atomic E-state index is 0.0372. The molecule has 0 radical (unpaired) electrons. The zero-order valence-electron chi connectivity index (χ0n) is 13.0. The van der Waals surface area contributed by atoms with Gasteiger partial charge in [-0.1, -0.05) is 26.0 Å². The smallest absolute Gasteiger partial charge is 0.142 e. The van der Waals surface area contributed by atoms with E-state index in [0.717, 1.165) is 17.2 Å². The average molecular weight is 294 g/mol. The maximum Gasteiger partial charge on any atom is 0.142 e. The second-order valence-corrected chi connectivity index (χ2v) is 7.26. The maximum atomic E-state index is 6.25. The van der Waals surface area contributed by atoms with E-state index < -0.39 is 0 Å². The van der Waals surface area contributed by atoms with Gasteiger partial charge < -0.3 is 15.4 Å². The van der Waals surface area contributed by atoms with Gasteiger partial charge in [-0.25, -0.2) is 0 Å². The quantitative estimate of drug-likeness (QED) is 0.926. The van der Waals surface area contributed by atoms with Gasteiger partial charge in [0.05, 0.1) is 18.3 Å². The number of anilines is 1. The highest BCUT2D eigenvalue weighted by Crippen LogP contribution is 2.47. The largest absolute Gasteiger partial charge is 0.495 e. The molecule has 3 nitrogen and oxygen atoms in total. The summed E-state index contributed by atoms with van der Waals surface area (Å²) in [6, 6.07) is 8.19. The van der Waals surface area contributed by atoms with Gasteiger partial charge in [-0.15, -0.1) is 0 Å². The monoisotopic (exact) mass is 294 g/mol. The molecule has 1 aliphatic rings. The van der Waals surface area contributed by atoms with Crippen LogP contribution in [0.2, 0.25) is 0 Å². The van der Waals surface area contributed by atoms with Crippen molar-refractivity contribution in [1.82, 2.24) is 0 Å². The number of hydrogen-bond donors (Lipinski definition) is 1. The molecule has 1 aromatic carbocycles. The number of rotatable bonds is 4. The molecule has 0 amide bonds. The van der Waals surface area contributed by atoms with Crippen LogP contribution in [0.3, 0.4) is 0 Å². The highest BCUT2D eigenvalue weighted by atomic mass is 32.2. The Balaban J connectivity index is 2.45. The van der Waals surface area contributed by atoms with Crippen LogP contribution >= 0.6 is 11.8 Å². The van der Waals surface area contributed by atoms with Gasteiger partial charge in [0.25, 0.3) is 0 Å². The zero-order valence-corrected chi connectivity index (χ0v) is 13.8. The van der Waals surface area contributed by atoms with E-state index >= 15 is 0 Å². The second-order valence-electron chi connectivity index (χ2n) is 6.15. The van der Waals surface area contributed by atoms with E-state index in [9.17, 15) is 0 Å². The predicted molar refractivity (Wildman–Crippen MR) is 88.9 cm³/mol. The number of likely N-dealkylation sites (N-methyl/N-ethyl adjacent to an activating group) is 1. The molecule has 4 heteroatoms. The molecule has 2 N–H and O–H groups in total. The standard InChI is InChI=1S/C16H26N2OS/c1-15(2)9-10-20-12-16(15,11-17)18(3)13-7-5-6-8-14(13)19-4/h5-8H,9-12,17H2,1-4H3. The van der Waals surface area contributed by atoms with E-state index in [1.807, 2.05) is 23.9 Å². The van der Waals surface area contributed by atoms with Crippen LogP contribution in [-0.4, -0.2) is 37.7 Å². The van der Waals surface area contributed by atoms with Gasteiger partial charge in [-0.3, -0.25) is 0 Å². The first-order valence-electron chi connectivity index (χ1n) is 7.13. The molecule has 2 rings (SSSR count). The summed E-state index contributed by atoms with van der Waals surface area (Å²) in [7, 11) is 3.88. The summed E-state index contributed by atoms with van der Waals surface area (Å²) in [6.07, 6.45) is 1.19. The van der Waals surface area contributed by atoms with Gasteiger partial charge in [0.1, 0.15) is 5.75 Å². The van der Waals surface area contributed by atoms with E-state index in [1.165, 1.54) is 12.2 Å². The van der Waals surface area contributed by atoms with E-state index in [1.54, 1.807) is 7.11 Å². The topological polar surface area (TPSA) is 38.5 Å². The molecule has 0 aromatic heterocycles. The normalized spacial score (nSPS) is 25.2. The minimum atomic E-state index is -0.0372. The Bertz CT molecular complexity index is 464. The molecule has 20 heavy (non-hydrogen) atoms. The van der Waals surface area contributed by atoms with Crippen LogP contribution < -0.4 is 15.4 Å². The van der Waals surface area contributed by atoms with Gasteiger partial charge >= 0.3 is 0 Å². The lowest BCUT2D eigenvalue weighted by atomic mass is 9.69. The molecule has 1 atom stereocenters. The molecule has 0 spiro atoms. The fourth-order valence-corrected chi connectivity index (χ4v) is 5.00. The van der Waals surface area contributed by atoms with Crippen LogP contribution in [0.15, 0.2) is 24.3 Å². The van der Waals surface area contributed by atoms with E-state index in [0.29, 0.717) is 6.54 Å². The third-order valence-corrected chi connectivity index (χ3v) is 6.07. The van der Waals surface area contributed by atoms with Crippen LogP contribution in [0.25, 0.3) is 0 Å². The van der Waals surface area contributed by atoms with Crippen LogP contribution in [0.1, 0.15) is 20.3 Å². The Kier molecular flexibility index (Phi) is 4.55. The highest BCUT2D eigenvalue weighted by molar-refractivity contribution is 7.99. The van der Waals surface area contributed by atoms with Gasteiger partial charge in [0, 0.05) is 19.3 Å². The number of ether oxygens (including phenoxy) is 1. The summed E-state index contributed by atoms with van der Waals surface area (Å²) in [5.74, 6) is 3.19. The van der Waals surface area contributed by atoms with Crippen LogP contribution in [-0.2, 0) is 0 Å². The lowest BCUT2D eigenvalue weighted by Gasteiger charge is -2.55. The molecule has 0 bridgehead atoms. The highest BCUT2D eigenvalue weighted by Gasteiger charge is 2.49. The average Bonchev–Trinajstić information content (AvgIpc) is 2.46. The Morgan fingerprint density at radius 1 is 1.35 bits per heavy atom. The summed E-state index contributed by atoms with van der Waals surface area (Å²) < 4.78 is 5.53. The van der Waals surface area contributed by atoms with Gasteiger partial charge in [-0.05, 0) is 29.7 Å². The first kappa shape index (κ1) is 15.5. The van der Waals surface area contributed by atoms with Gasteiger partial charge in [-0.2, -0.15) is 11.8 Å². The van der Waals surface area contributed by atoms with Crippen molar-refractivity contribution in [1.29, 1.82) is 0 Å². The number of para-hydroxylation sites is 2. The number of benzene rings is 1. The van der Waals surface area contributed by atoms with Gasteiger partial charge in [0.2, 0.25) is 0 Å². The van der Waals surface area contributed by atoms with Crippen LogP contribution in [0.4, 0.5) is 5.69 Å². The van der Waals surface area contributed by atoms with E-state index in [4.69, 9.17) is 10.5 Å². The minimum Gasteiger partial charge on any atom is -0.495 e. The SMILES string of the molecule is COc1ccccc1N(C)C1(CN)CSCCC1(C)C. The molecular formula is C16H26N2OS. The first-order chi connectivity index (χ1) is 9.48. The number of nitrogens with two attached hydrogens (primary N) is 1. The van der Waals surface area contributed by atoms with Crippen LogP contribution in [0, 0.1) is 5.41 Å². The molecular weight excluding hydrogens is 268 g/mol. The predicted octanol–water partition coefficient (Wildman–Crippen LogP) is 2.99. The summed E-state index contributed by atoms with van der Waals surface area (Å²) >= 11 is 2.00. The first-order valence-corrected chi connectivity index (χ1v) is 8.29. The lowest BCUT2D eigenvalue weighted by Crippen LogP contribution is -2.65. The van der Waals surface area contributed by atoms with Crippen molar-refractivity contribution < 1.29 is 4.74 Å². The third-order valence-electron chi connectivity index (χ3n) is 4.90. The fourth-order valence-electron chi connectivity index (χ4n) is 3.16. The number of thioether (sulfide) groups is 1. The van der Waals surface area contributed by atoms with E-state index in [2.05, 4.69) is 37.9 Å². The third kappa shape index (κ3) is 2.40. The van der Waals surface area contributed by atoms with E-state index in [-0.39, 0.29) is 11.0 Å². The van der Waals surface area contributed by atoms with Crippen molar-refractivity contribution in [3.63, 3.8) is 0 Å². The molecule has 1 saturated heterocycles. The second kappa shape index (κ2) is 5.86. The Morgan fingerprint density at radius 3 is 2.65 bits per heavy atom. The molecule has 1 fully saturated rings. The van der Waals surface area contributed by atoms with Crippen molar-refractivity contribution in [2.45, 2.75) is 25.8 Å². The summed E-state index contributed by atoms with van der Waals surface area (Å²) in [5, 5.41) is 0. The molecule has 1 heterocycles. The zero-order chi connectivity index (χ0) is 14.8. The molecule has 0 saturated carbocycles. The van der Waals surface area contributed by atoms with Crippen molar-refractivity contribution in [2.75, 3.05) is 37.1 Å². The maximum absolute atomic E-state index is 6.25. The molecule has 1 aliphatic heterocycles. The van der Waals surface area contributed by atoms with Crippen LogP contribution in [0.5, 0.6) is 5.75 Å². The van der Waals surface area contributed by atoms with Crippen molar-refractivity contribution >= 4 is 17.4 Å². The summed E-state index contributed by atoms with van der Waals surface area (Å²) in [5.41, 5.74) is 7.52. The summed E-state index contributed by atoms with van der Waals surface area (Å²) in [6.45, 7) is 5.33. The number of hydrogen-bond acceptors (Lipinski definition) is 4. The lowest BCUT2D eigenvalue weighted by molar-refractivity contribution is 0.174. The molecule has 1 unspecified atom stereocenters. The Labute approximate surface area is 126 Å². The molecule has 1 aromatic rings. The van der Waals surface area contributed by atoms with Gasteiger partial charge in [0.15, 0.2) is 0 Å². The fraction of sp³-hybridized carbons (Fsp3) is 0.625. The Morgan fingerprint density at radius 2 is 2.05 bits per heavy atom. The molecule has 112 valence electrons. The number of nitrogens with zero attached hydrogens (tertiary/aromatic N) is 1. The van der Waals surface area contributed by atoms with Crippen molar-refractivity contribution in [2.24, 2.45) is 11.1 Å². The molecule has 0 aliphatic carbocycles. The Hall–Kier alpha value is -0.870. The number of methoxy groups -OCH3 is 1.